The molecule has 1 aliphatic rings. The number of ether oxygens (including phenoxy) is 2. The van der Waals surface area contributed by atoms with Crippen LogP contribution in [0.25, 0.3) is 0 Å². The summed E-state index contributed by atoms with van der Waals surface area (Å²) in [4.78, 5) is 4.73. The topological polar surface area (TPSA) is 42.9 Å². The molecule has 0 bridgehead atoms. The summed E-state index contributed by atoms with van der Waals surface area (Å²) >= 11 is 1.76. The van der Waals surface area contributed by atoms with E-state index in [1.807, 2.05) is 32.0 Å². The fourth-order valence-corrected chi connectivity index (χ4v) is 3.24. The molecule has 4 nitrogen and oxygen atoms in total. The van der Waals surface area contributed by atoms with Crippen LogP contribution >= 0.6 is 11.8 Å². The van der Waals surface area contributed by atoms with Gasteiger partial charge in [0, 0.05) is 11.8 Å². The molecule has 0 aromatic heterocycles. The van der Waals surface area contributed by atoms with E-state index in [0.717, 1.165) is 28.1 Å². The molecular weight excluding hydrogens is 284 g/mol. The van der Waals surface area contributed by atoms with Crippen molar-refractivity contribution >= 4 is 22.6 Å². The molecule has 0 fully saturated rings. The quantitative estimate of drug-likeness (QED) is 0.862. The van der Waals surface area contributed by atoms with Gasteiger partial charge < -0.3 is 14.8 Å². The van der Waals surface area contributed by atoms with E-state index in [1.54, 1.807) is 11.8 Å². The number of hydrogen-bond donors (Lipinski definition) is 1. The first-order chi connectivity index (χ1) is 10.1. The zero-order valence-corrected chi connectivity index (χ0v) is 14.0. The van der Waals surface area contributed by atoms with E-state index in [4.69, 9.17) is 14.5 Å². The maximum atomic E-state index is 5.67. The van der Waals surface area contributed by atoms with Crippen LogP contribution in [0.3, 0.4) is 0 Å². The number of benzene rings is 1. The first-order valence-corrected chi connectivity index (χ1v) is 8.49. The summed E-state index contributed by atoms with van der Waals surface area (Å²) in [6.07, 6.45) is 0. The van der Waals surface area contributed by atoms with Crippen LogP contribution in [0, 0.1) is 5.92 Å². The van der Waals surface area contributed by atoms with Gasteiger partial charge in [0.15, 0.2) is 5.17 Å². The Morgan fingerprint density at radius 3 is 2.67 bits per heavy atom. The lowest BCUT2D eigenvalue weighted by Gasteiger charge is -2.14. The largest absolute Gasteiger partial charge is 0.494 e. The number of thioether (sulfide) groups is 1. The van der Waals surface area contributed by atoms with Gasteiger partial charge in [-0.15, -0.1) is 0 Å². The third kappa shape index (κ3) is 4.30. The molecule has 1 aromatic rings. The molecule has 2 rings (SSSR count). The summed E-state index contributed by atoms with van der Waals surface area (Å²) in [5, 5.41) is 4.35. The molecule has 1 unspecified atom stereocenters. The van der Waals surface area contributed by atoms with Gasteiger partial charge in [-0.2, -0.15) is 0 Å². The van der Waals surface area contributed by atoms with Gasteiger partial charge in [-0.3, -0.25) is 4.99 Å². The highest BCUT2D eigenvalue weighted by molar-refractivity contribution is 8.14. The molecule has 21 heavy (non-hydrogen) atoms. The second-order valence-electron chi connectivity index (χ2n) is 5.21. The number of nitrogens with one attached hydrogen (secondary N) is 1. The van der Waals surface area contributed by atoms with Crippen molar-refractivity contribution in [3.05, 3.63) is 18.2 Å². The van der Waals surface area contributed by atoms with Crippen molar-refractivity contribution in [3.8, 4) is 11.5 Å². The smallest absolute Gasteiger partial charge is 0.161 e. The molecule has 1 heterocycles. The molecule has 116 valence electrons. The molecule has 0 radical (unpaired) electrons. The Kier molecular flexibility index (Phi) is 5.79. The Labute approximate surface area is 131 Å². The van der Waals surface area contributed by atoms with E-state index < -0.39 is 0 Å². The second kappa shape index (κ2) is 7.59. The van der Waals surface area contributed by atoms with Gasteiger partial charge in [0.2, 0.25) is 0 Å². The Morgan fingerprint density at radius 1 is 1.29 bits per heavy atom. The standard InChI is InChI=1S/C16H24N2O2S/c1-5-19-12-7-8-15(20-6-2)13(9-12)17-16-18-14(10-21-16)11(3)4/h7-9,11,14H,5-6,10H2,1-4H3,(H,17,18). The molecule has 1 aliphatic heterocycles. The number of nitrogens with zero attached hydrogens (tertiary/aromatic N) is 1. The summed E-state index contributed by atoms with van der Waals surface area (Å²) in [6, 6.07) is 6.24. The van der Waals surface area contributed by atoms with Crippen LogP contribution in [-0.4, -0.2) is 30.2 Å². The van der Waals surface area contributed by atoms with E-state index in [1.165, 1.54) is 0 Å². The zero-order valence-electron chi connectivity index (χ0n) is 13.2. The van der Waals surface area contributed by atoms with E-state index in [9.17, 15) is 0 Å². The van der Waals surface area contributed by atoms with Crippen molar-refractivity contribution in [3.63, 3.8) is 0 Å². The second-order valence-corrected chi connectivity index (χ2v) is 6.21. The number of hydrogen-bond acceptors (Lipinski definition) is 5. The maximum Gasteiger partial charge on any atom is 0.161 e. The minimum atomic E-state index is 0.392. The summed E-state index contributed by atoms with van der Waals surface area (Å²) < 4.78 is 11.2. The molecule has 0 aliphatic carbocycles. The van der Waals surface area contributed by atoms with Gasteiger partial charge in [0.05, 0.1) is 24.9 Å². The molecule has 0 amide bonds. The fourth-order valence-electron chi connectivity index (χ4n) is 2.06. The molecule has 0 saturated heterocycles. The van der Waals surface area contributed by atoms with E-state index in [-0.39, 0.29) is 0 Å². The molecule has 0 saturated carbocycles. The lowest BCUT2D eigenvalue weighted by molar-refractivity contribution is 0.332. The van der Waals surface area contributed by atoms with Crippen LogP contribution < -0.4 is 14.8 Å². The van der Waals surface area contributed by atoms with Crippen LogP contribution in [-0.2, 0) is 0 Å². The minimum absolute atomic E-state index is 0.392. The van der Waals surface area contributed by atoms with Gasteiger partial charge in [-0.05, 0) is 31.9 Å². The summed E-state index contributed by atoms with van der Waals surface area (Å²) in [7, 11) is 0. The molecule has 0 spiro atoms. The van der Waals surface area contributed by atoms with Gasteiger partial charge in [-0.25, -0.2) is 0 Å². The van der Waals surface area contributed by atoms with Crippen LogP contribution in [0.15, 0.2) is 23.2 Å². The maximum absolute atomic E-state index is 5.67. The average Bonchev–Trinajstić information content (AvgIpc) is 2.91. The number of amidine groups is 1. The number of rotatable bonds is 6. The molecular formula is C16H24N2O2S. The zero-order chi connectivity index (χ0) is 15.2. The Morgan fingerprint density at radius 2 is 2.05 bits per heavy atom. The van der Waals surface area contributed by atoms with Crippen molar-refractivity contribution in [2.45, 2.75) is 33.7 Å². The van der Waals surface area contributed by atoms with Crippen molar-refractivity contribution in [1.82, 2.24) is 0 Å². The summed E-state index contributed by atoms with van der Waals surface area (Å²) in [5.74, 6) is 3.28. The van der Waals surface area contributed by atoms with E-state index in [2.05, 4.69) is 19.2 Å². The highest BCUT2D eigenvalue weighted by atomic mass is 32.2. The third-order valence-electron chi connectivity index (χ3n) is 3.25. The molecule has 5 heteroatoms. The third-order valence-corrected chi connectivity index (χ3v) is 4.24. The Balaban J connectivity index is 2.17. The van der Waals surface area contributed by atoms with Gasteiger partial charge in [0.1, 0.15) is 11.5 Å². The molecule has 1 N–H and O–H groups in total. The predicted octanol–water partition coefficient (Wildman–Crippen LogP) is 4.02. The van der Waals surface area contributed by atoms with E-state index in [0.29, 0.717) is 25.2 Å². The first-order valence-electron chi connectivity index (χ1n) is 7.51. The van der Waals surface area contributed by atoms with Crippen LogP contribution in [0.2, 0.25) is 0 Å². The van der Waals surface area contributed by atoms with Crippen molar-refractivity contribution in [2.24, 2.45) is 10.9 Å². The summed E-state index contributed by atoms with van der Waals surface area (Å²) in [5.41, 5.74) is 0.915. The fraction of sp³-hybridized carbons (Fsp3) is 0.562. The predicted molar refractivity (Wildman–Crippen MR) is 90.9 cm³/mol. The SMILES string of the molecule is CCOc1ccc(OCC)c(NC2=NC(C(C)C)CS2)c1. The van der Waals surface area contributed by atoms with Crippen LogP contribution in [0.4, 0.5) is 5.69 Å². The highest BCUT2D eigenvalue weighted by Crippen LogP contribution is 2.32. The molecule has 1 aromatic carbocycles. The minimum Gasteiger partial charge on any atom is -0.494 e. The number of anilines is 1. The van der Waals surface area contributed by atoms with Crippen molar-refractivity contribution < 1.29 is 9.47 Å². The average molecular weight is 308 g/mol. The van der Waals surface area contributed by atoms with Gasteiger partial charge in [0.25, 0.3) is 0 Å². The van der Waals surface area contributed by atoms with Crippen molar-refractivity contribution in [1.29, 1.82) is 0 Å². The van der Waals surface area contributed by atoms with Gasteiger partial charge >= 0.3 is 0 Å². The number of aliphatic imine (C=N–C) groups is 1. The van der Waals surface area contributed by atoms with Crippen molar-refractivity contribution in [2.75, 3.05) is 24.3 Å². The first kappa shape index (κ1) is 16.0. The highest BCUT2D eigenvalue weighted by Gasteiger charge is 2.22. The lowest BCUT2D eigenvalue weighted by atomic mass is 10.1. The lowest BCUT2D eigenvalue weighted by Crippen LogP contribution is -2.12. The van der Waals surface area contributed by atoms with E-state index >= 15 is 0 Å². The summed E-state index contributed by atoms with van der Waals surface area (Å²) in [6.45, 7) is 9.66. The Hall–Kier alpha value is -1.36. The van der Waals surface area contributed by atoms with Crippen LogP contribution in [0.1, 0.15) is 27.7 Å². The van der Waals surface area contributed by atoms with Crippen LogP contribution in [0.5, 0.6) is 11.5 Å². The Bertz CT molecular complexity index is 503. The monoisotopic (exact) mass is 308 g/mol. The molecule has 1 atom stereocenters. The van der Waals surface area contributed by atoms with Gasteiger partial charge in [-0.1, -0.05) is 25.6 Å². The normalized spacial score (nSPS) is 17.8.